The first-order valence-corrected chi connectivity index (χ1v) is 11.8. The molecule has 0 aliphatic carbocycles. The Morgan fingerprint density at radius 1 is 0.647 bits per heavy atom. The lowest BCUT2D eigenvalue weighted by atomic mass is 9.85. The largest absolute Gasteiger partial charge is 0.491 e. The molecule has 6 heteroatoms. The minimum Gasteiger partial charge on any atom is -0.491 e. The van der Waals surface area contributed by atoms with E-state index in [-0.39, 0.29) is 24.9 Å². The van der Waals surface area contributed by atoms with Gasteiger partial charge in [0, 0.05) is 12.5 Å². The molecule has 2 saturated heterocycles. The zero-order valence-corrected chi connectivity index (χ0v) is 19.4. The summed E-state index contributed by atoms with van der Waals surface area (Å²) in [7, 11) is 0. The molecule has 0 spiro atoms. The normalized spacial score (nSPS) is 19.3. The Hall–Kier alpha value is -3.06. The van der Waals surface area contributed by atoms with Crippen molar-refractivity contribution < 1.29 is 28.4 Å². The van der Waals surface area contributed by atoms with Crippen LogP contribution in [0.2, 0.25) is 0 Å². The highest BCUT2D eigenvalue weighted by molar-refractivity contribution is 5.46. The van der Waals surface area contributed by atoms with E-state index in [2.05, 4.69) is 36.4 Å². The number of hydrogen-bond acceptors (Lipinski definition) is 6. The van der Waals surface area contributed by atoms with E-state index in [9.17, 15) is 0 Å². The molecular formula is C28H30O6. The maximum atomic E-state index is 5.83. The quantitative estimate of drug-likeness (QED) is 0.157. The van der Waals surface area contributed by atoms with Crippen molar-refractivity contribution in [2.45, 2.75) is 25.0 Å². The van der Waals surface area contributed by atoms with Gasteiger partial charge in [-0.25, -0.2) is 0 Å². The van der Waals surface area contributed by atoms with E-state index in [1.54, 1.807) is 0 Å². The summed E-state index contributed by atoms with van der Waals surface area (Å²) in [5, 5.41) is 0. The SMILES string of the molecule is CCOCOc1ccc(C(c2ccc(OCC3CO3)cc2)c2ccc(OCC3CO3)cc2)cc1. The third-order valence-corrected chi connectivity index (χ3v) is 5.83. The third-order valence-electron chi connectivity index (χ3n) is 5.83. The molecule has 3 aromatic carbocycles. The molecule has 34 heavy (non-hydrogen) atoms. The monoisotopic (exact) mass is 462 g/mol. The van der Waals surface area contributed by atoms with Crippen molar-refractivity contribution in [2.24, 2.45) is 0 Å². The smallest absolute Gasteiger partial charge is 0.189 e. The Morgan fingerprint density at radius 2 is 1.03 bits per heavy atom. The summed E-state index contributed by atoms with van der Waals surface area (Å²) in [6, 6.07) is 24.8. The molecule has 0 radical (unpaired) electrons. The van der Waals surface area contributed by atoms with Crippen molar-refractivity contribution in [2.75, 3.05) is 39.8 Å². The highest BCUT2D eigenvalue weighted by atomic mass is 16.7. The minimum absolute atomic E-state index is 0.0579. The highest BCUT2D eigenvalue weighted by Crippen LogP contribution is 2.35. The number of ether oxygens (including phenoxy) is 6. The van der Waals surface area contributed by atoms with Gasteiger partial charge in [-0.3, -0.25) is 0 Å². The van der Waals surface area contributed by atoms with Gasteiger partial charge in [0.1, 0.15) is 42.7 Å². The van der Waals surface area contributed by atoms with E-state index in [0.717, 1.165) is 30.5 Å². The molecule has 2 fully saturated rings. The molecule has 2 aliphatic heterocycles. The van der Waals surface area contributed by atoms with Crippen LogP contribution in [0.3, 0.4) is 0 Å². The van der Waals surface area contributed by atoms with E-state index in [4.69, 9.17) is 28.4 Å². The summed E-state index contributed by atoms with van der Waals surface area (Å²) in [5.41, 5.74) is 3.53. The van der Waals surface area contributed by atoms with Crippen molar-refractivity contribution in [3.05, 3.63) is 89.5 Å². The second kappa shape index (κ2) is 10.9. The Labute approximate surface area is 200 Å². The van der Waals surface area contributed by atoms with Crippen LogP contribution in [0.4, 0.5) is 0 Å². The van der Waals surface area contributed by atoms with Gasteiger partial charge in [0.15, 0.2) is 6.79 Å². The van der Waals surface area contributed by atoms with Crippen LogP contribution in [-0.4, -0.2) is 52.0 Å². The Balaban J connectivity index is 1.35. The number of rotatable bonds is 13. The topological polar surface area (TPSA) is 62.0 Å². The van der Waals surface area contributed by atoms with Crippen LogP contribution in [0.1, 0.15) is 29.5 Å². The summed E-state index contributed by atoms with van der Waals surface area (Å²) in [5.74, 6) is 2.54. The molecule has 0 bridgehead atoms. The molecule has 0 saturated carbocycles. The lowest BCUT2D eigenvalue weighted by Gasteiger charge is -2.20. The van der Waals surface area contributed by atoms with Crippen molar-refractivity contribution >= 4 is 0 Å². The molecule has 6 nitrogen and oxygen atoms in total. The molecule has 2 unspecified atom stereocenters. The van der Waals surface area contributed by atoms with E-state index >= 15 is 0 Å². The average molecular weight is 463 g/mol. The maximum absolute atomic E-state index is 5.83. The van der Waals surface area contributed by atoms with Crippen molar-refractivity contribution in [1.82, 2.24) is 0 Å². The lowest BCUT2D eigenvalue weighted by molar-refractivity contribution is 0.0224. The van der Waals surface area contributed by atoms with Crippen molar-refractivity contribution in [1.29, 1.82) is 0 Å². The molecule has 5 rings (SSSR count). The van der Waals surface area contributed by atoms with E-state index in [0.29, 0.717) is 19.8 Å². The number of hydrogen-bond donors (Lipinski definition) is 0. The van der Waals surface area contributed by atoms with Crippen LogP contribution in [-0.2, 0) is 14.2 Å². The van der Waals surface area contributed by atoms with Gasteiger partial charge in [-0.05, 0) is 60.0 Å². The fraction of sp³-hybridized carbons (Fsp3) is 0.357. The summed E-state index contributed by atoms with van der Waals surface area (Å²) < 4.78 is 33.1. The molecule has 2 aliphatic rings. The zero-order chi connectivity index (χ0) is 23.2. The van der Waals surface area contributed by atoms with Crippen LogP contribution < -0.4 is 14.2 Å². The van der Waals surface area contributed by atoms with Gasteiger partial charge in [0.2, 0.25) is 0 Å². The van der Waals surface area contributed by atoms with Crippen LogP contribution in [0.15, 0.2) is 72.8 Å². The van der Waals surface area contributed by atoms with Gasteiger partial charge in [0.05, 0.1) is 13.2 Å². The van der Waals surface area contributed by atoms with Gasteiger partial charge in [-0.15, -0.1) is 0 Å². The predicted octanol–water partition coefficient (Wildman–Crippen LogP) is 4.79. The molecule has 2 heterocycles. The van der Waals surface area contributed by atoms with E-state index < -0.39 is 0 Å². The number of epoxide rings is 2. The summed E-state index contributed by atoms with van der Waals surface area (Å²) in [6.07, 6.45) is 0.478. The van der Waals surface area contributed by atoms with E-state index in [1.807, 2.05) is 43.3 Å². The first kappa shape index (κ1) is 22.7. The molecule has 2 atom stereocenters. The fourth-order valence-corrected chi connectivity index (χ4v) is 3.75. The molecular weight excluding hydrogens is 432 g/mol. The molecule has 3 aromatic rings. The Kier molecular flexibility index (Phi) is 7.29. The molecule has 178 valence electrons. The van der Waals surface area contributed by atoms with Gasteiger partial charge < -0.3 is 28.4 Å². The van der Waals surface area contributed by atoms with Gasteiger partial charge in [-0.2, -0.15) is 0 Å². The van der Waals surface area contributed by atoms with Crippen LogP contribution in [0.5, 0.6) is 17.2 Å². The molecule has 0 N–H and O–H groups in total. The first-order valence-electron chi connectivity index (χ1n) is 11.8. The summed E-state index contributed by atoms with van der Waals surface area (Å²) >= 11 is 0. The van der Waals surface area contributed by atoms with Crippen LogP contribution in [0, 0.1) is 0 Å². The minimum atomic E-state index is 0.0579. The Morgan fingerprint density at radius 3 is 1.38 bits per heavy atom. The van der Waals surface area contributed by atoms with Crippen LogP contribution in [0.25, 0.3) is 0 Å². The molecule has 0 amide bonds. The highest BCUT2D eigenvalue weighted by Gasteiger charge is 2.24. The Bertz CT molecular complexity index is 965. The predicted molar refractivity (Wildman–Crippen MR) is 128 cm³/mol. The van der Waals surface area contributed by atoms with Gasteiger partial charge >= 0.3 is 0 Å². The summed E-state index contributed by atoms with van der Waals surface area (Å²) in [4.78, 5) is 0. The van der Waals surface area contributed by atoms with Gasteiger partial charge in [0.25, 0.3) is 0 Å². The lowest BCUT2D eigenvalue weighted by Crippen LogP contribution is -2.07. The third kappa shape index (κ3) is 6.29. The summed E-state index contributed by atoms with van der Waals surface area (Å²) in [6.45, 7) is 5.60. The zero-order valence-electron chi connectivity index (χ0n) is 19.4. The van der Waals surface area contributed by atoms with Crippen molar-refractivity contribution in [3.8, 4) is 17.2 Å². The second-order valence-electron chi connectivity index (χ2n) is 8.43. The second-order valence-corrected chi connectivity index (χ2v) is 8.43. The van der Waals surface area contributed by atoms with E-state index in [1.165, 1.54) is 16.7 Å². The van der Waals surface area contributed by atoms with Crippen LogP contribution >= 0.6 is 0 Å². The molecule has 0 aromatic heterocycles. The maximum Gasteiger partial charge on any atom is 0.189 e. The number of benzene rings is 3. The van der Waals surface area contributed by atoms with Crippen molar-refractivity contribution in [3.63, 3.8) is 0 Å². The average Bonchev–Trinajstić information content (AvgIpc) is 3.80. The van der Waals surface area contributed by atoms with Gasteiger partial charge in [-0.1, -0.05) is 36.4 Å². The standard InChI is InChI=1S/C28H30O6/c1-2-29-19-34-25-13-7-22(8-14-25)28(20-3-9-23(10-4-20)30-15-26-17-32-26)21-5-11-24(12-6-21)31-16-27-18-33-27/h3-14,26-28H,2,15-19H2,1H3. The fourth-order valence-electron chi connectivity index (χ4n) is 3.75. The first-order chi connectivity index (χ1) is 16.8.